The fraction of sp³-hybridized carbons (Fsp3) is 0.316. The molecule has 4 heteroatoms. The van der Waals surface area contributed by atoms with Gasteiger partial charge in [0.25, 0.3) is 5.91 Å². The van der Waals surface area contributed by atoms with E-state index in [1.165, 1.54) is 0 Å². The van der Waals surface area contributed by atoms with E-state index in [4.69, 9.17) is 4.74 Å². The Labute approximate surface area is 137 Å². The summed E-state index contributed by atoms with van der Waals surface area (Å²) in [6.07, 6.45) is 0. The number of hydrogen-bond acceptors (Lipinski definition) is 3. The second-order valence-electron chi connectivity index (χ2n) is 6.45. The Morgan fingerprint density at radius 2 is 1.65 bits per heavy atom. The average molecular weight is 312 g/mol. The largest absolute Gasteiger partial charge is 0.484 e. The van der Waals surface area contributed by atoms with Crippen molar-refractivity contribution in [3.05, 3.63) is 60.2 Å². The molecular formula is C19H24N2O2. The van der Waals surface area contributed by atoms with Crippen LogP contribution >= 0.6 is 0 Å². The Hall–Kier alpha value is -2.49. The van der Waals surface area contributed by atoms with Crippen molar-refractivity contribution in [3.63, 3.8) is 0 Å². The number of carbonyl (C=O) groups excluding carboxylic acids is 1. The Morgan fingerprint density at radius 3 is 2.26 bits per heavy atom. The molecule has 0 atom stereocenters. The molecule has 0 heterocycles. The average Bonchev–Trinajstić information content (AvgIpc) is 2.51. The number of nitrogens with one attached hydrogen (secondary N) is 2. The van der Waals surface area contributed by atoms with Gasteiger partial charge in [0.1, 0.15) is 5.75 Å². The first-order valence-corrected chi connectivity index (χ1v) is 7.74. The van der Waals surface area contributed by atoms with Crippen LogP contribution < -0.4 is 15.4 Å². The molecule has 0 fully saturated rings. The van der Waals surface area contributed by atoms with Crippen molar-refractivity contribution in [1.29, 1.82) is 0 Å². The van der Waals surface area contributed by atoms with Gasteiger partial charge < -0.3 is 15.4 Å². The Bertz CT molecular complexity index is 616. The first-order valence-electron chi connectivity index (χ1n) is 7.74. The molecule has 0 spiro atoms. The first kappa shape index (κ1) is 16.9. The van der Waals surface area contributed by atoms with Gasteiger partial charge >= 0.3 is 0 Å². The fourth-order valence-corrected chi connectivity index (χ4v) is 2.07. The number of anilines is 1. The summed E-state index contributed by atoms with van der Waals surface area (Å²) in [4.78, 5) is 11.7. The van der Waals surface area contributed by atoms with Gasteiger partial charge in [-0.3, -0.25) is 4.79 Å². The molecule has 2 N–H and O–H groups in total. The normalized spacial score (nSPS) is 10.9. The molecule has 0 radical (unpaired) electrons. The highest BCUT2D eigenvalue weighted by atomic mass is 16.5. The van der Waals surface area contributed by atoms with E-state index < -0.39 is 0 Å². The van der Waals surface area contributed by atoms with Gasteiger partial charge in [-0.2, -0.15) is 0 Å². The van der Waals surface area contributed by atoms with Crippen LogP contribution in [0.15, 0.2) is 54.6 Å². The highest BCUT2D eigenvalue weighted by molar-refractivity contribution is 5.78. The van der Waals surface area contributed by atoms with Crippen LogP contribution in [0.5, 0.6) is 5.75 Å². The summed E-state index contributed by atoms with van der Waals surface area (Å²) in [5.41, 5.74) is 2.00. The molecule has 2 aromatic carbocycles. The molecule has 2 aromatic rings. The van der Waals surface area contributed by atoms with E-state index in [1.807, 2.05) is 75.4 Å². The van der Waals surface area contributed by atoms with Crippen LogP contribution in [0.1, 0.15) is 26.3 Å². The first-order chi connectivity index (χ1) is 10.9. The topological polar surface area (TPSA) is 50.4 Å². The number of hydrogen-bond donors (Lipinski definition) is 2. The number of benzene rings is 2. The number of carbonyl (C=O) groups is 1. The summed E-state index contributed by atoms with van der Waals surface area (Å²) in [5.74, 6) is 0.574. The number of ether oxygens (including phenoxy) is 1. The van der Waals surface area contributed by atoms with E-state index in [0.717, 1.165) is 17.8 Å². The van der Waals surface area contributed by atoms with Crippen LogP contribution in [0.3, 0.4) is 0 Å². The summed E-state index contributed by atoms with van der Waals surface area (Å²) < 4.78 is 5.50. The quantitative estimate of drug-likeness (QED) is 0.857. The summed E-state index contributed by atoms with van der Waals surface area (Å²) in [7, 11) is 0. The maximum atomic E-state index is 11.7. The molecule has 2 rings (SSSR count). The number of para-hydroxylation sites is 1. The standard InChI is InChI=1S/C19H24N2O2/c1-19(2,3)21-18(22)14-23-17-11-9-15(10-12-17)13-20-16-7-5-4-6-8-16/h4-12,20H,13-14H2,1-3H3,(H,21,22). The maximum absolute atomic E-state index is 11.7. The van der Waals surface area contributed by atoms with E-state index in [-0.39, 0.29) is 18.1 Å². The van der Waals surface area contributed by atoms with Gasteiger partial charge in [-0.25, -0.2) is 0 Å². The van der Waals surface area contributed by atoms with Gasteiger partial charge in [0.15, 0.2) is 6.61 Å². The van der Waals surface area contributed by atoms with Gasteiger partial charge in [0.05, 0.1) is 0 Å². The van der Waals surface area contributed by atoms with Crippen LogP contribution in [0, 0.1) is 0 Å². The molecular weight excluding hydrogens is 288 g/mol. The van der Waals surface area contributed by atoms with Crippen molar-refractivity contribution in [3.8, 4) is 5.75 Å². The summed E-state index contributed by atoms with van der Waals surface area (Å²) in [5, 5.41) is 6.22. The van der Waals surface area contributed by atoms with E-state index in [9.17, 15) is 4.79 Å². The molecule has 122 valence electrons. The third-order valence-electron chi connectivity index (χ3n) is 3.08. The summed E-state index contributed by atoms with van der Waals surface area (Å²) >= 11 is 0. The molecule has 0 saturated heterocycles. The zero-order valence-electron chi connectivity index (χ0n) is 13.9. The smallest absolute Gasteiger partial charge is 0.258 e. The van der Waals surface area contributed by atoms with E-state index in [2.05, 4.69) is 10.6 Å². The van der Waals surface area contributed by atoms with Crippen molar-refractivity contribution in [2.45, 2.75) is 32.9 Å². The van der Waals surface area contributed by atoms with Crippen LogP contribution in [0.4, 0.5) is 5.69 Å². The molecule has 0 aromatic heterocycles. The van der Waals surface area contributed by atoms with Crippen molar-refractivity contribution < 1.29 is 9.53 Å². The molecule has 0 aliphatic carbocycles. The lowest BCUT2D eigenvalue weighted by Gasteiger charge is -2.20. The van der Waals surface area contributed by atoms with Crippen molar-refractivity contribution in [1.82, 2.24) is 5.32 Å². The van der Waals surface area contributed by atoms with Crippen LogP contribution in [-0.4, -0.2) is 18.1 Å². The highest BCUT2D eigenvalue weighted by Gasteiger charge is 2.13. The molecule has 0 aliphatic heterocycles. The van der Waals surface area contributed by atoms with Crippen molar-refractivity contribution in [2.24, 2.45) is 0 Å². The minimum Gasteiger partial charge on any atom is -0.484 e. The third kappa shape index (κ3) is 6.43. The predicted molar refractivity (Wildman–Crippen MR) is 93.6 cm³/mol. The van der Waals surface area contributed by atoms with E-state index in [1.54, 1.807) is 0 Å². The molecule has 4 nitrogen and oxygen atoms in total. The SMILES string of the molecule is CC(C)(C)NC(=O)COc1ccc(CNc2ccccc2)cc1. The van der Waals surface area contributed by atoms with Crippen LogP contribution in [-0.2, 0) is 11.3 Å². The van der Waals surface area contributed by atoms with Crippen molar-refractivity contribution >= 4 is 11.6 Å². The maximum Gasteiger partial charge on any atom is 0.258 e. The van der Waals surface area contributed by atoms with Gasteiger partial charge in [-0.1, -0.05) is 30.3 Å². The molecule has 0 aliphatic rings. The molecule has 1 amide bonds. The van der Waals surface area contributed by atoms with Crippen molar-refractivity contribution in [2.75, 3.05) is 11.9 Å². The van der Waals surface area contributed by atoms with Crippen LogP contribution in [0.2, 0.25) is 0 Å². The molecule has 0 saturated carbocycles. The van der Waals surface area contributed by atoms with Gasteiger partial charge in [0.2, 0.25) is 0 Å². The minimum atomic E-state index is -0.243. The predicted octanol–water partition coefficient (Wildman–Crippen LogP) is 3.59. The molecule has 0 unspecified atom stereocenters. The lowest BCUT2D eigenvalue weighted by molar-refractivity contribution is -0.124. The van der Waals surface area contributed by atoms with Gasteiger partial charge in [-0.05, 0) is 50.6 Å². The third-order valence-corrected chi connectivity index (χ3v) is 3.08. The molecule has 0 bridgehead atoms. The molecule has 23 heavy (non-hydrogen) atoms. The van der Waals surface area contributed by atoms with E-state index >= 15 is 0 Å². The second kappa shape index (κ2) is 7.68. The Morgan fingerprint density at radius 1 is 1.00 bits per heavy atom. The lowest BCUT2D eigenvalue weighted by atomic mass is 10.1. The zero-order chi connectivity index (χ0) is 16.7. The second-order valence-corrected chi connectivity index (χ2v) is 6.45. The summed E-state index contributed by atoms with van der Waals surface area (Å²) in [6, 6.07) is 17.8. The highest BCUT2D eigenvalue weighted by Crippen LogP contribution is 2.14. The lowest BCUT2D eigenvalue weighted by Crippen LogP contribution is -2.43. The number of rotatable bonds is 6. The van der Waals surface area contributed by atoms with E-state index in [0.29, 0.717) is 5.75 Å². The van der Waals surface area contributed by atoms with Gasteiger partial charge in [0, 0.05) is 17.8 Å². The zero-order valence-corrected chi connectivity index (χ0v) is 13.9. The van der Waals surface area contributed by atoms with Crippen LogP contribution in [0.25, 0.3) is 0 Å². The Kier molecular flexibility index (Phi) is 5.63. The summed E-state index contributed by atoms with van der Waals surface area (Å²) in [6.45, 7) is 6.60. The van der Waals surface area contributed by atoms with Gasteiger partial charge in [-0.15, -0.1) is 0 Å². The Balaban J connectivity index is 1.79. The fourth-order valence-electron chi connectivity index (χ4n) is 2.07. The monoisotopic (exact) mass is 312 g/mol. The number of amides is 1. The minimum absolute atomic E-state index is 0.0267.